The number of nitro benzene ring substituents is 1. The molecule has 202 valence electrons. The monoisotopic (exact) mass is 572 g/mol. The molecule has 0 bridgehead atoms. The van der Waals surface area contributed by atoms with E-state index in [1.165, 1.54) is 23.1 Å². The van der Waals surface area contributed by atoms with Gasteiger partial charge < -0.3 is 10.2 Å². The maximum Gasteiger partial charge on any atom is 0.271 e. The lowest BCUT2D eigenvalue weighted by molar-refractivity contribution is -0.384. The van der Waals surface area contributed by atoms with Crippen molar-refractivity contribution in [3.8, 4) is 0 Å². The summed E-state index contributed by atoms with van der Waals surface area (Å²) in [5.74, 6) is -1.05. The number of amides is 2. The lowest BCUT2D eigenvalue weighted by Gasteiger charge is -2.33. The highest BCUT2D eigenvalue weighted by molar-refractivity contribution is 7.92. The number of nitrogens with zero attached hydrogens (tertiary/aromatic N) is 3. The van der Waals surface area contributed by atoms with Gasteiger partial charge in [0.2, 0.25) is 21.8 Å². The van der Waals surface area contributed by atoms with Gasteiger partial charge in [0.15, 0.2) is 0 Å². The Morgan fingerprint density at radius 1 is 1.08 bits per heavy atom. The van der Waals surface area contributed by atoms with Crippen LogP contribution < -0.4 is 9.62 Å². The number of nitro groups is 1. The minimum absolute atomic E-state index is 0.0448. The molecular formula is C24H30Cl2N4O6S. The van der Waals surface area contributed by atoms with Crippen molar-refractivity contribution in [3.63, 3.8) is 0 Å². The Bertz CT molecular complexity index is 1260. The fraction of sp³-hybridized carbons (Fsp3) is 0.417. The Hall–Kier alpha value is -2.89. The summed E-state index contributed by atoms with van der Waals surface area (Å²) in [5.41, 5.74) is 0.209. The van der Waals surface area contributed by atoms with Crippen LogP contribution in [-0.4, -0.2) is 54.9 Å². The molecule has 1 N–H and O–H groups in total. The second-order valence-electron chi connectivity index (χ2n) is 8.56. The molecule has 2 aromatic carbocycles. The third kappa shape index (κ3) is 8.31. The quantitative estimate of drug-likeness (QED) is 0.296. The predicted octanol–water partition coefficient (Wildman–Crippen LogP) is 4.39. The van der Waals surface area contributed by atoms with E-state index in [0.717, 1.165) is 16.6 Å². The van der Waals surface area contributed by atoms with E-state index in [9.17, 15) is 28.1 Å². The number of nitrogens with one attached hydrogen (secondary N) is 1. The fourth-order valence-corrected chi connectivity index (χ4v) is 4.73. The fourth-order valence-electron chi connectivity index (χ4n) is 3.57. The summed E-state index contributed by atoms with van der Waals surface area (Å²) in [6, 6.07) is 8.72. The van der Waals surface area contributed by atoms with Gasteiger partial charge in [0.25, 0.3) is 5.69 Å². The summed E-state index contributed by atoms with van der Waals surface area (Å²) in [7, 11) is -4.03. The van der Waals surface area contributed by atoms with Crippen LogP contribution in [0.25, 0.3) is 0 Å². The molecule has 2 aromatic rings. The molecular weight excluding hydrogens is 543 g/mol. The van der Waals surface area contributed by atoms with E-state index >= 15 is 0 Å². The van der Waals surface area contributed by atoms with Gasteiger partial charge in [0.05, 0.1) is 26.9 Å². The standard InChI is InChI=1S/C24H30Cl2N4O6S/c1-5-16(3)27-24(32)22(6-2)28(14-17-10-11-20(25)21(26)12-17)23(31)15-29(37(4,35)36)18-8-7-9-19(13-18)30(33)34/h7-13,16,22H,5-6,14-15H2,1-4H3,(H,27,32)/t16-,22+/m0/s1. The molecule has 0 radical (unpaired) electrons. The molecule has 0 aromatic heterocycles. The molecule has 0 saturated heterocycles. The summed E-state index contributed by atoms with van der Waals surface area (Å²) in [5, 5.41) is 14.7. The van der Waals surface area contributed by atoms with Crippen molar-refractivity contribution in [2.75, 3.05) is 17.1 Å². The van der Waals surface area contributed by atoms with Crippen molar-refractivity contribution in [1.82, 2.24) is 10.2 Å². The van der Waals surface area contributed by atoms with Crippen molar-refractivity contribution >= 4 is 56.4 Å². The Morgan fingerprint density at radius 3 is 2.30 bits per heavy atom. The molecule has 0 saturated carbocycles. The van der Waals surface area contributed by atoms with Crippen molar-refractivity contribution in [1.29, 1.82) is 0 Å². The number of rotatable bonds is 12. The number of non-ortho nitro benzene ring substituents is 1. The Labute approximate surface area is 226 Å². The maximum absolute atomic E-state index is 13.7. The first-order valence-electron chi connectivity index (χ1n) is 11.5. The lowest BCUT2D eigenvalue weighted by Crippen LogP contribution is -2.53. The largest absolute Gasteiger partial charge is 0.352 e. The summed E-state index contributed by atoms with van der Waals surface area (Å²) in [6.07, 6.45) is 1.83. The maximum atomic E-state index is 13.7. The highest BCUT2D eigenvalue weighted by atomic mass is 35.5. The molecule has 0 fully saturated rings. The molecule has 37 heavy (non-hydrogen) atoms. The van der Waals surface area contributed by atoms with E-state index < -0.39 is 33.4 Å². The van der Waals surface area contributed by atoms with E-state index in [-0.39, 0.29) is 41.3 Å². The van der Waals surface area contributed by atoms with Crippen molar-refractivity contribution in [2.45, 2.75) is 52.2 Å². The number of sulfonamides is 1. The third-order valence-electron chi connectivity index (χ3n) is 5.73. The number of carbonyl (C=O) groups excluding carboxylic acids is 2. The second kappa shape index (κ2) is 13.1. The summed E-state index contributed by atoms with van der Waals surface area (Å²) in [4.78, 5) is 38.6. The van der Waals surface area contributed by atoms with Gasteiger partial charge in [0.1, 0.15) is 12.6 Å². The van der Waals surface area contributed by atoms with E-state index in [4.69, 9.17) is 23.2 Å². The first-order chi connectivity index (χ1) is 17.3. The molecule has 10 nitrogen and oxygen atoms in total. The normalized spacial score (nSPS) is 12.9. The first kappa shape index (κ1) is 30.3. The zero-order chi connectivity index (χ0) is 27.9. The Morgan fingerprint density at radius 2 is 1.76 bits per heavy atom. The highest BCUT2D eigenvalue weighted by Crippen LogP contribution is 2.26. The van der Waals surface area contributed by atoms with Gasteiger partial charge in [-0.3, -0.25) is 24.0 Å². The smallest absolute Gasteiger partial charge is 0.271 e. The number of anilines is 1. The SMILES string of the molecule is CC[C@H](C(=O)N[C@@H](C)CC)N(Cc1ccc(Cl)c(Cl)c1)C(=O)CN(c1cccc([N+](=O)[O-])c1)S(C)(=O)=O. The number of hydrogen-bond acceptors (Lipinski definition) is 6. The zero-order valence-corrected chi connectivity index (χ0v) is 23.3. The topological polar surface area (TPSA) is 130 Å². The molecule has 0 aliphatic heterocycles. The molecule has 2 amide bonds. The van der Waals surface area contributed by atoms with Crippen LogP contribution in [0.15, 0.2) is 42.5 Å². The van der Waals surface area contributed by atoms with Crippen LogP contribution in [0, 0.1) is 10.1 Å². The average Bonchev–Trinajstić information content (AvgIpc) is 2.83. The minimum Gasteiger partial charge on any atom is -0.352 e. The zero-order valence-electron chi connectivity index (χ0n) is 21.0. The van der Waals surface area contributed by atoms with Gasteiger partial charge in [-0.1, -0.05) is 49.2 Å². The van der Waals surface area contributed by atoms with Gasteiger partial charge in [-0.25, -0.2) is 8.42 Å². The van der Waals surface area contributed by atoms with Gasteiger partial charge in [-0.2, -0.15) is 0 Å². The molecule has 2 rings (SSSR count). The van der Waals surface area contributed by atoms with Crippen LogP contribution in [0.2, 0.25) is 10.0 Å². The van der Waals surface area contributed by atoms with Crippen LogP contribution >= 0.6 is 23.2 Å². The summed E-state index contributed by atoms with van der Waals surface area (Å²) in [6.45, 7) is 4.77. The molecule has 13 heteroatoms. The Kier molecular flexibility index (Phi) is 10.7. The van der Waals surface area contributed by atoms with Crippen molar-refractivity contribution in [3.05, 3.63) is 68.2 Å². The molecule has 0 unspecified atom stereocenters. The lowest BCUT2D eigenvalue weighted by atomic mass is 10.1. The number of carbonyl (C=O) groups is 2. The van der Waals surface area contributed by atoms with Gasteiger partial charge in [-0.15, -0.1) is 0 Å². The third-order valence-corrected chi connectivity index (χ3v) is 7.61. The molecule has 0 spiro atoms. The van der Waals surface area contributed by atoms with Crippen LogP contribution in [0.1, 0.15) is 39.2 Å². The summed E-state index contributed by atoms with van der Waals surface area (Å²) < 4.78 is 26.1. The Balaban J connectivity index is 2.50. The molecule has 0 aliphatic rings. The number of hydrogen-bond donors (Lipinski definition) is 1. The molecule has 2 atom stereocenters. The van der Waals surface area contributed by atoms with Crippen LogP contribution in [0.3, 0.4) is 0 Å². The van der Waals surface area contributed by atoms with Crippen LogP contribution in [0.4, 0.5) is 11.4 Å². The van der Waals surface area contributed by atoms with Crippen LogP contribution in [-0.2, 0) is 26.2 Å². The predicted molar refractivity (Wildman–Crippen MR) is 144 cm³/mol. The average molecular weight is 573 g/mol. The van der Waals surface area contributed by atoms with Crippen molar-refractivity contribution < 1.29 is 22.9 Å². The molecule has 0 heterocycles. The van der Waals surface area contributed by atoms with Gasteiger partial charge in [-0.05, 0) is 43.5 Å². The van der Waals surface area contributed by atoms with Gasteiger partial charge in [0, 0.05) is 24.7 Å². The second-order valence-corrected chi connectivity index (χ2v) is 11.3. The van der Waals surface area contributed by atoms with E-state index in [2.05, 4.69) is 5.32 Å². The van der Waals surface area contributed by atoms with E-state index in [1.54, 1.807) is 25.1 Å². The van der Waals surface area contributed by atoms with Crippen LogP contribution in [0.5, 0.6) is 0 Å². The number of halogens is 2. The van der Waals surface area contributed by atoms with Gasteiger partial charge >= 0.3 is 0 Å². The number of benzene rings is 2. The molecule has 0 aliphatic carbocycles. The van der Waals surface area contributed by atoms with E-state index in [1.807, 2.05) is 13.8 Å². The first-order valence-corrected chi connectivity index (χ1v) is 14.1. The van der Waals surface area contributed by atoms with E-state index in [0.29, 0.717) is 17.0 Å². The summed E-state index contributed by atoms with van der Waals surface area (Å²) >= 11 is 12.2. The highest BCUT2D eigenvalue weighted by Gasteiger charge is 2.32. The van der Waals surface area contributed by atoms with Crippen molar-refractivity contribution in [2.24, 2.45) is 0 Å². The minimum atomic E-state index is -4.03.